The molecule has 0 fully saturated rings. The van der Waals surface area contributed by atoms with Crippen LogP contribution in [0.15, 0.2) is 72.8 Å². The molecule has 0 saturated heterocycles. The molecule has 3 rings (SSSR count). The fourth-order valence-corrected chi connectivity index (χ4v) is 2.66. The van der Waals surface area contributed by atoms with E-state index in [2.05, 4.69) is 0 Å². The number of halogens is 2. The van der Waals surface area contributed by atoms with Gasteiger partial charge in [-0.2, -0.15) is 0 Å². The lowest BCUT2D eigenvalue weighted by Crippen LogP contribution is -2.11. The number of para-hydroxylation sites is 1. The summed E-state index contributed by atoms with van der Waals surface area (Å²) in [6, 6.07) is 21.3. The van der Waals surface area contributed by atoms with Gasteiger partial charge in [-0.1, -0.05) is 47.5 Å². The smallest absolute Gasteiger partial charge is 0.315 e. The number of benzene rings is 3. The zero-order chi connectivity index (χ0) is 17.6. The van der Waals surface area contributed by atoms with Gasteiger partial charge in [0.25, 0.3) is 0 Å². The minimum absolute atomic E-state index is 0.0677. The van der Waals surface area contributed by atoms with Gasteiger partial charge in [0.15, 0.2) is 0 Å². The van der Waals surface area contributed by atoms with Crippen molar-refractivity contribution in [3.8, 4) is 17.2 Å². The quantitative estimate of drug-likeness (QED) is 0.411. The van der Waals surface area contributed by atoms with E-state index >= 15 is 0 Å². The SMILES string of the molecule is O=C(Cc1ccc(Cl)cc1Cl)Oc1ccc(Oc2ccccc2)cc1. The molecule has 3 aromatic rings. The summed E-state index contributed by atoms with van der Waals surface area (Å²) in [7, 11) is 0. The Hall–Kier alpha value is -2.49. The second-order valence-electron chi connectivity index (χ2n) is 5.27. The van der Waals surface area contributed by atoms with Crippen molar-refractivity contribution in [2.24, 2.45) is 0 Å². The van der Waals surface area contributed by atoms with E-state index in [4.69, 9.17) is 32.7 Å². The first-order chi connectivity index (χ1) is 12.1. The van der Waals surface area contributed by atoms with Gasteiger partial charge in [0.2, 0.25) is 0 Å². The summed E-state index contributed by atoms with van der Waals surface area (Å²) in [5, 5.41) is 0.965. The monoisotopic (exact) mass is 372 g/mol. The van der Waals surface area contributed by atoms with Crippen LogP contribution in [0.1, 0.15) is 5.56 Å². The van der Waals surface area contributed by atoms with Crippen LogP contribution in [0.25, 0.3) is 0 Å². The highest BCUT2D eigenvalue weighted by Gasteiger charge is 2.10. The predicted octanol–water partition coefficient (Wildman–Crippen LogP) is 5.93. The fraction of sp³-hybridized carbons (Fsp3) is 0.0500. The van der Waals surface area contributed by atoms with Crippen LogP contribution in [0.4, 0.5) is 0 Å². The first-order valence-electron chi connectivity index (χ1n) is 7.58. The zero-order valence-corrected chi connectivity index (χ0v) is 14.6. The summed E-state index contributed by atoms with van der Waals surface area (Å²) in [4.78, 5) is 12.0. The molecule has 0 unspecified atom stereocenters. The Morgan fingerprint density at radius 2 is 1.44 bits per heavy atom. The van der Waals surface area contributed by atoms with Crippen molar-refractivity contribution >= 4 is 29.2 Å². The minimum Gasteiger partial charge on any atom is -0.457 e. The molecule has 126 valence electrons. The van der Waals surface area contributed by atoms with Crippen LogP contribution in [0.3, 0.4) is 0 Å². The topological polar surface area (TPSA) is 35.5 Å². The van der Waals surface area contributed by atoms with Gasteiger partial charge in [-0.25, -0.2) is 0 Å². The summed E-state index contributed by atoms with van der Waals surface area (Å²) in [5.74, 6) is 1.44. The van der Waals surface area contributed by atoms with Gasteiger partial charge in [-0.15, -0.1) is 0 Å². The second kappa shape index (κ2) is 8.06. The first kappa shape index (κ1) is 17.3. The summed E-state index contributed by atoms with van der Waals surface area (Å²) in [6.07, 6.45) is 0.0677. The fourth-order valence-electron chi connectivity index (χ4n) is 2.19. The number of ether oxygens (including phenoxy) is 2. The zero-order valence-electron chi connectivity index (χ0n) is 13.1. The summed E-state index contributed by atoms with van der Waals surface area (Å²) >= 11 is 11.9. The summed E-state index contributed by atoms with van der Waals surface area (Å²) < 4.78 is 11.0. The molecule has 0 heterocycles. The molecular formula is C20H14Cl2O3. The Bertz CT molecular complexity index is 862. The van der Waals surface area contributed by atoms with E-state index < -0.39 is 5.97 Å². The molecule has 5 heteroatoms. The second-order valence-corrected chi connectivity index (χ2v) is 6.12. The Balaban J connectivity index is 1.60. The number of esters is 1. The maximum Gasteiger partial charge on any atom is 0.315 e. The first-order valence-corrected chi connectivity index (χ1v) is 8.33. The molecule has 0 N–H and O–H groups in total. The van der Waals surface area contributed by atoms with Gasteiger partial charge in [0.05, 0.1) is 6.42 Å². The molecule has 3 nitrogen and oxygen atoms in total. The van der Waals surface area contributed by atoms with Crippen LogP contribution in [0, 0.1) is 0 Å². The Morgan fingerprint density at radius 3 is 2.12 bits per heavy atom. The van der Waals surface area contributed by atoms with Crippen molar-refractivity contribution < 1.29 is 14.3 Å². The van der Waals surface area contributed by atoms with Crippen molar-refractivity contribution in [3.63, 3.8) is 0 Å². The van der Waals surface area contributed by atoms with Gasteiger partial charge in [-0.3, -0.25) is 4.79 Å². The van der Waals surface area contributed by atoms with Crippen LogP contribution < -0.4 is 9.47 Å². The van der Waals surface area contributed by atoms with Gasteiger partial charge in [0, 0.05) is 10.0 Å². The normalized spacial score (nSPS) is 10.3. The molecule has 0 radical (unpaired) electrons. The molecule has 0 bridgehead atoms. The van der Waals surface area contributed by atoms with Crippen molar-refractivity contribution in [2.45, 2.75) is 6.42 Å². The maximum absolute atomic E-state index is 12.0. The predicted molar refractivity (Wildman–Crippen MR) is 98.8 cm³/mol. The number of hydrogen-bond donors (Lipinski definition) is 0. The molecule has 0 amide bonds. The number of rotatable bonds is 5. The number of hydrogen-bond acceptors (Lipinski definition) is 3. The van der Waals surface area contributed by atoms with Crippen LogP contribution >= 0.6 is 23.2 Å². The van der Waals surface area contributed by atoms with Crippen molar-refractivity contribution in [1.29, 1.82) is 0 Å². The summed E-state index contributed by atoms with van der Waals surface area (Å²) in [5.41, 5.74) is 0.667. The van der Waals surface area contributed by atoms with Crippen LogP contribution in [-0.2, 0) is 11.2 Å². The molecule has 0 spiro atoms. The lowest BCUT2D eigenvalue weighted by molar-refractivity contribution is -0.133. The third-order valence-corrected chi connectivity index (χ3v) is 3.97. The number of carbonyl (C=O) groups is 1. The van der Waals surface area contributed by atoms with Crippen molar-refractivity contribution in [1.82, 2.24) is 0 Å². The Kier molecular flexibility index (Phi) is 5.59. The Labute approximate surface area is 155 Å². The van der Waals surface area contributed by atoms with E-state index in [0.29, 0.717) is 27.1 Å². The largest absolute Gasteiger partial charge is 0.457 e. The van der Waals surface area contributed by atoms with E-state index in [9.17, 15) is 4.79 Å². The van der Waals surface area contributed by atoms with Crippen molar-refractivity contribution in [3.05, 3.63) is 88.4 Å². The van der Waals surface area contributed by atoms with Crippen LogP contribution in [0.5, 0.6) is 17.2 Å². The highest BCUT2D eigenvalue weighted by Crippen LogP contribution is 2.25. The molecule has 3 aromatic carbocycles. The number of carbonyl (C=O) groups excluding carboxylic acids is 1. The van der Waals surface area contributed by atoms with Gasteiger partial charge in [-0.05, 0) is 54.1 Å². The molecule has 0 aromatic heterocycles. The van der Waals surface area contributed by atoms with Gasteiger partial charge < -0.3 is 9.47 Å². The average molecular weight is 373 g/mol. The molecule has 0 aliphatic rings. The molecule has 0 atom stereocenters. The Morgan fingerprint density at radius 1 is 0.800 bits per heavy atom. The maximum atomic E-state index is 12.0. The lowest BCUT2D eigenvalue weighted by atomic mass is 10.1. The van der Waals surface area contributed by atoms with Crippen LogP contribution in [0.2, 0.25) is 10.0 Å². The van der Waals surface area contributed by atoms with E-state index in [-0.39, 0.29) is 6.42 Å². The van der Waals surface area contributed by atoms with Crippen molar-refractivity contribution in [2.75, 3.05) is 0 Å². The minimum atomic E-state index is -0.402. The molecule has 25 heavy (non-hydrogen) atoms. The third-order valence-electron chi connectivity index (χ3n) is 3.38. The highest BCUT2D eigenvalue weighted by atomic mass is 35.5. The molecule has 0 aliphatic carbocycles. The molecular weight excluding hydrogens is 359 g/mol. The van der Waals surface area contributed by atoms with E-state index in [1.807, 2.05) is 30.3 Å². The standard InChI is InChI=1S/C20H14Cl2O3/c21-15-7-6-14(19(22)13-15)12-20(23)25-18-10-8-17(9-11-18)24-16-4-2-1-3-5-16/h1-11,13H,12H2. The summed E-state index contributed by atoms with van der Waals surface area (Å²) in [6.45, 7) is 0. The third kappa shape index (κ3) is 4.99. The van der Waals surface area contributed by atoms with E-state index in [1.54, 1.807) is 42.5 Å². The van der Waals surface area contributed by atoms with Gasteiger partial charge in [0.1, 0.15) is 17.2 Å². The molecule has 0 saturated carbocycles. The average Bonchev–Trinajstić information content (AvgIpc) is 2.60. The highest BCUT2D eigenvalue weighted by molar-refractivity contribution is 6.35. The molecule has 0 aliphatic heterocycles. The van der Waals surface area contributed by atoms with Gasteiger partial charge >= 0.3 is 5.97 Å². The lowest BCUT2D eigenvalue weighted by Gasteiger charge is -2.08. The van der Waals surface area contributed by atoms with Crippen LogP contribution in [-0.4, -0.2) is 5.97 Å². The van der Waals surface area contributed by atoms with E-state index in [1.165, 1.54) is 0 Å². The van der Waals surface area contributed by atoms with E-state index in [0.717, 1.165) is 5.75 Å².